The maximum atomic E-state index is 12.6. The first kappa shape index (κ1) is 20.0. The largest absolute Gasteiger partial charge is 0.496 e. The molecule has 7 heteroatoms. The summed E-state index contributed by atoms with van der Waals surface area (Å²) < 4.78 is 5.30. The number of aromatic nitrogens is 2. The molecule has 0 saturated carbocycles. The Morgan fingerprint density at radius 1 is 1.03 bits per heavy atom. The molecule has 1 heterocycles. The quantitative estimate of drug-likeness (QED) is 0.598. The van der Waals surface area contributed by atoms with E-state index < -0.39 is 0 Å². The minimum absolute atomic E-state index is 0.0322. The number of para-hydroxylation sites is 1. The SMILES string of the molecule is COc1ccccc1CNC(=O)c1cc(C)nc(Nc2cccc(C(C)=O)c2)n1. The predicted molar refractivity (Wildman–Crippen MR) is 111 cm³/mol. The Hall–Kier alpha value is -3.74. The van der Waals surface area contributed by atoms with Crippen molar-refractivity contribution in [1.29, 1.82) is 0 Å². The number of methoxy groups -OCH3 is 1. The van der Waals surface area contributed by atoms with E-state index in [2.05, 4.69) is 20.6 Å². The minimum Gasteiger partial charge on any atom is -0.496 e. The first-order chi connectivity index (χ1) is 14.0. The van der Waals surface area contributed by atoms with E-state index in [1.54, 1.807) is 44.4 Å². The molecule has 0 radical (unpaired) electrons. The summed E-state index contributed by atoms with van der Waals surface area (Å²) in [5.41, 5.74) is 3.01. The van der Waals surface area contributed by atoms with Crippen LogP contribution in [0.15, 0.2) is 54.6 Å². The van der Waals surface area contributed by atoms with Crippen LogP contribution in [0.3, 0.4) is 0 Å². The number of hydrogen-bond acceptors (Lipinski definition) is 6. The number of hydrogen-bond donors (Lipinski definition) is 2. The average molecular weight is 390 g/mol. The van der Waals surface area contributed by atoms with Gasteiger partial charge in [-0.25, -0.2) is 9.97 Å². The molecule has 0 saturated heterocycles. The molecule has 0 spiro atoms. The van der Waals surface area contributed by atoms with Crippen LogP contribution in [0.1, 0.15) is 39.0 Å². The summed E-state index contributed by atoms with van der Waals surface area (Å²) in [6, 6.07) is 16.1. The molecule has 2 aromatic carbocycles. The smallest absolute Gasteiger partial charge is 0.270 e. The third kappa shape index (κ3) is 5.16. The zero-order chi connectivity index (χ0) is 20.8. The third-order valence-electron chi connectivity index (χ3n) is 4.24. The van der Waals surface area contributed by atoms with Gasteiger partial charge in [-0.05, 0) is 38.1 Å². The van der Waals surface area contributed by atoms with Crippen molar-refractivity contribution >= 4 is 23.3 Å². The van der Waals surface area contributed by atoms with Gasteiger partial charge in [0, 0.05) is 29.1 Å². The Balaban J connectivity index is 1.75. The van der Waals surface area contributed by atoms with Gasteiger partial charge in [0.05, 0.1) is 7.11 Å². The van der Waals surface area contributed by atoms with Crippen LogP contribution in [0, 0.1) is 6.92 Å². The summed E-state index contributed by atoms with van der Waals surface area (Å²) in [4.78, 5) is 32.8. The van der Waals surface area contributed by atoms with Crippen molar-refractivity contribution in [3.8, 4) is 5.75 Å². The van der Waals surface area contributed by atoms with Crippen molar-refractivity contribution in [3.05, 3.63) is 77.1 Å². The van der Waals surface area contributed by atoms with E-state index in [0.29, 0.717) is 29.2 Å². The highest BCUT2D eigenvalue weighted by Crippen LogP contribution is 2.18. The van der Waals surface area contributed by atoms with Gasteiger partial charge in [0.2, 0.25) is 5.95 Å². The summed E-state index contributed by atoms with van der Waals surface area (Å²) >= 11 is 0. The third-order valence-corrected chi connectivity index (χ3v) is 4.24. The molecule has 0 unspecified atom stereocenters. The molecule has 0 atom stereocenters. The number of rotatable bonds is 7. The standard InChI is InChI=1S/C22H22N4O3/c1-14-11-19(21(28)23-13-17-7-4-5-10-20(17)29-3)26-22(24-14)25-18-9-6-8-16(12-18)15(2)27/h4-12H,13H2,1-3H3,(H,23,28)(H,24,25,26). The summed E-state index contributed by atoms with van der Waals surface area (Å²) in [5, 5.41) is 5.90. The molecule has 1 amide bonds. The first-order valence-corrected chi connectivity index (χ1v) is 9.10. The van der Waals surface area contributed by atoms with Crippen molar-refractivity contribution in [2.45, 2.75) is 20.4 Å². The Morgan fingerprint density at radius 3 is 2.59 bits per heavy atom. The maximum absolute atomic E-state index is 12.6. The number of carbonyl (C=O) groups excluding carboxylic acids is 2. The van der Waals surface area contributed by atoms with Crippen LogP contribution in [0.4, 0.5) is 11.6 Å². The number of ketones is 1. The van der Waals surface area contributed by atoms with E-state index >= 15 is 0 Å². The Kier molecular flexibility index (Phi) is 6.19. The highest BCUT2D eigenvalue weighted by Gasteiger charge is 2.12. The van der Waals surface area contributed by atoms with Crippen molar-refractivity contribution in [1.82, 2.24) is 15.3 Å². The summed E-state index contributed by atoms with van der Waals surface area (Å²) in [6.45, 7) is 3.61. The van der Waals surface area contributed by atoms with E-state index in [1.165, 1.54) is 6.92 Å². The molecule has 1 aromatic heterocycles. The number of aryl methyl sites for hydroxylation is 1. The molecule has 7 nitrogen and oxygen atoms in total. The number of carbonyl (C=O) groups is 2. The van der Waals surface area contributed by atoms with Gasteiger partial charge in [-0.1, -0.05) is 30.3 Å². The van der Waals surface area contributed by atoms with Crippen molar-refractivity contribution < 1.29 is 14.3 Å². The van der Waals surface area contributed by atoms with E-state index in [4.69, 9.17) is 4.74 Å². The van der Waals surface area contributed by atoms with Gasteiger partial charge in [0.15, 0.2) is 5.78 Å². The van der Waals surface area contributed by atoms with Crippen LogP contribution in [0.2, 0.25) is 0 Å². The normalized spacial score (nSPS) is 10.3. The molecule has 0 bridgehead atoms. The van der Waals surface area contributed by atoms with Gasteiger partial charge in [-0.3, -0.25) is 9.59 Å². The second-order valence-corrected chi connectivity index (χ2v) is 6.47. The fourth-order valence-electron chi connectivity index (χ4n) is 2.80. The van der Waals surface area contributed by atoms with Gasteiger partial charge >= 0.3 is 0 Å². The maximum Gasteiger partial charge on any atom is 0.270 e. The predicted octanol–water partition coefficient (Wildman–Crippen LogP) is 3.67. The lowest BCUT2D eigenvalue weighted by Gasteiger charge is -2.11. The lowest BCUT2D eigenvalue weighted by atomic mass is 10.1. The average Bonchev–Trinajstić information content (AvgIpc) is 2.72. The van der Waals surface area contributed by atoms with E-state index in [9.17, 15) is 9.59 Å². The zero-order valence-corrected chi connectivity index (χ0v) is 16.5. The first-order valence-electron chi connectivity index (χ1n) is 9.10. The summed E-state index contributed by atoms with van der Waals surface area (Å²) in [6.07, 6.45) is 0. The van der Waals surface area contributed by atoms with Crippen LogP contribution in [0.5, 0.6) is 5.75 Å². The lowest BCUT2D eigenvalue weighted by molar-refractivity contribution is 0.0944. The molecule has 29 heavy (non-hydrogen) atoms. The minimum atomic E-state index is -0.318. The molecule has 0 aliphatic carbocycles. The molecular formula is C22H22N4O3. The van der Waals surface area contributed by atoms with Gasteiger partial charge in [0.1, 0.15) is 11.4 Å². The highest BCUT2D eigenvalue weighted by molar-refractivity contribution is 5.95. The second kappa shape index (κ2) is 8.97. The molecule has 0 aliphatic heterocycles. The molecule has 3 aromatic rings. The van der Waals surface area contributed by atoms with Gasteiger partial charge in [-0.2, -0.15) is 0 Å². The molecule has 3 rings (SSSR count). The van der Waals surface area contributed by atoms with Gasteiger partial charge in [0.25, 0.3) is 5.91 Å². The van der Waals surface area contributed by atoms with E-state index in [1.807, 2.05) is 24.3 Å². The highest BCUT2D eigenvalue weighted by atomic mass is 16.5. The van der Waals surface area contributed by atoms with E-state index in [0.717, 1.165) is 5.56 Å². The second-order valence-electron chi connectivity index (χ2n) is 6.47. The number of anilines is 2. The number of nitrogens with one attached hydrogen (secondary N) is 2. The summed E-state index contributed by atoms with van der Waals surface area (Å²) in [5.74, 6) is 0.643. The lowest BCUT2D eigenvalue weighted by Crippen LogP contribution is -2.24. The topological polar surface area (TPSA) is 93.2 Å². The molecular weight excluding hydrogens is 368 g/mol. The monoisotopic (exact) mass is 390 g/mol. The van der Waals surface area contributed by atoms with Crippen LogP contribution in [-0.2, 0) is 6.54 Å². The molecule has 0 aliphatic rings. The fourth-order valence-corrected chi connectivity index (χ4v) is 2.80. The van der Waals surface area contributed by atoms with Crippen LogP contribution in [-0.4, -0.2) is 28.8 Å². The fraction of sp³-hybridized carbons (Fsp3) is 0.182. The Morgan fingerprint density at radius 2 is 1.83 bits per heavy atom. The molecule has 148 valence electrons. The summed E-state index contributed by atoms with van der Waals surface area (Å²) in [7, 11) is 1.59. The van der Waals surface area contributed by atoms with Crippen LogP contribution >= 0.6 is 0 Å². The number of ether oxygens (including phenoxy) is 1. The van der Waals surface area contributed by atoms with Crippen LogP contribution in [0.25, 0.3) is 0 Å². The van der Waals surface area contributed by atoms with Crippen molar-refractivity contribution in [2.24, 2.45) is 0 Å². The number of amides is 1. The number of nitrogens with zero attached hydrogens (tertiary/aromatic N) is 2. The zero-order valence-electron chi connectivity index (χ0n) is 16.5. The Labute approximate surface area is 169 Å². The number of Topliss-reactive ketones (excluding diaryl/α,β-unsaturated/α-hetero) is 1. The van der Waals surface area contributed by atoms with Gasteiger partial charge in [-0.15, -0.1) is 0 Å². The van der Waals surface area contributed by atoms with Crippen molar-refractivity contribution in [2.75, 3.05) is 12.4 Å². The molecule has 2 N–H and O–H groups in total. The molecule has 0 fully saturated rings. The van der Waals surface area contributed by atoms with Crippen molar-refractivity contribution in [3.63, 3.8) is 0 Å². The number of benzene rings is 2. The van der Waals surface area contributed by atoms with Crippen LogP contribution < -0.4 is 15.4 Å². The van der Waals surface area contributed by atoms with E-state index in [-0.39, 0.29) is 23.3 Å². The van der Waals surface area contributed by atoms with Gasteiger partial charge < -0.3 is 15.4 Å². The Bertz CT molecular complexity index is 1050.